The number of carbonyl (C=O) groups excluding carboxylic acids is 2. The van der Waals surface area contributed by atoms with Gasteiger partial charge in [-0.1, -0.05) is 52.0 Å². The number of ketones is 1. The van der Waals surface area contributed by atoms with Gasteiger partial charge in [-0.3, -0.25) is 19.2 Å². The highest BCUT2D eigenvalue weighted by Gasteiger charge is 2.30. The molecule has 42 heavy (non-hydrogen) atoms. The normalized spacial score (nSPS) is 12.8. The van der Waals surface area contributed by atoms with Gasteiger partial charge in [0.05, 0.1) is 18.9 Å². The van der Waals surface area contributed by atoms with Crippen LogP contribution in [-0.2, 0) is 26.3 Å². The Kier molecular flexibility index (Phi) is 10.3. The lowest BCUT2D eigenvalue weighted by Crippen LogP contribution is -2.46. The molecule has 0 aliphatic rings. The minimum absolute atomic E-state index is 0.0833. The summed E-state index contributed by atoms with van der Waals surface area (Å²) in [6.45, 7) is 6.85. The Hall–Kier alpha value is -4.48. The van der Waals surface area contributed by atoms with E-state index in [1.54, 1.807) is 6.92 Å². The molecule has 3 rings (SSSR count). The summed E-state index contributed by atoms with van der Waals surface area (Å²) in [6.07, 6.45) is 0.624. The lowest BCUT2D eigenvalue weighted by atomic mass is 9.84. The standard InChI is InChI=1S/C30H32F3N3O6/c1-5-18(19-12-13-34-36(29(19)41)15-17-8-6-7-9-20(17)30(2,3)4)28(40)35-23(14-25(38)39)24(37)16-42-27-22(32)11-10-21(31)26(27)33/h6-13,18,23H,5,14-16H2,1-4H3,(H,35,40)(H,38,39)/t18-,23+/m1/s1. The molecule has 1 amide bonds. The average molecular weight is 588 g/mol. The molecule has 0 saturated carbocycles. The Labute approximate surface area is 240 Å². The van der Waals surface area contributed by atoms with Crippen molar-refractivity contribution in [2.24, 2.45) is 0 Å². The Morgan fingerprint density at radius 2 is 1.71 bits per heavy atom. The minimum Gasteiger partial charge on any atom is -0.481 e. The number of halogens is 3. The molecule has 0 fully saturated rings. The number of carboxylic acid groups (broad SMARTS) is 1. The van der Waals surface area contributed by atoms with E-state index in [0.29, 0.717) is 12.1 Å². The smallest absolute Gasteiger partial charge is 0.305 e. The van der Waals surface area contributed by atoms with Crippen LogP contribution in [0.25, 0.3) is 0 Å². The molecule has 224 valence electrons. The van der Waals surface area contributed by atoms with Gasteiger partial charge in [-0.2, -0.15) is 9.49 Å². The molecule has 3 aromatic rings. The van der Waals surface area contributed by atoms with Crippen LogP contribution in [0.2, 0.25) is 0 Å². The number of aliphatic carboxylic acids is 1. The van der Waals surface area contributed by atoms with Gasteiger partial charge in [0.25, 0.3) is 5.56 Å². The molecule has 9 nitrogen and oxygen atoms in total. The second-order valence-corrected chi connectivity index (χ2v) is 10.7. The zero-order valence-electron chi connectivity index (χ0n) is 23.6. The summed E-state index contributed by atoms with van der Waals surface area (Å²) in [7, 11) is 0. The van der Waals surface area contributed by atoms with Crippen LogP contribution >= 0.6 is 0 Å². The summed E-state index contributed by atoms with van der Waals surface area (Å²) in [5, 5.41) is 15.8. The molecule has 2 aromatic carbocycles. The second kappa shape index (κ2) is 13.5. The van der Waals surface area contributed by atoms with Crippen molar-refractivity contribution in [3.63, 3.8) is 0 Å². The number of ether oxygens (including phenoxy) is 1. The van der Waals surface area contributed by atoms with Gasteiger partial charge >= 0.3 is 5.97 Å². The monoisotopic (exact) mass is 587 g/mol. The molecule has 0 saturated heterocycles. The summed E-state index contributed by atoms with van der Waals surface area (Å²) in [6, 6.07) is 8.46. The van der Waals surface area contributed by atoms with Crippen LogP contribution < -0.4 is 15.6 Å². The van der Waals surface area contributed by atoms with Crippen LogP contribution in [0.1, 0.15) is 63.1 Å². The number of nitrogens with zero attached hydrogens (tertiary/aromatic N) is 2. The van der Waals surface area contributed by atoms with Gasteiger partial charge in [-0.05, 0) is 41.2 Å². The number of amides is 1. The van der Waals surface area contributed by atoms with Crippen LogP contribution in [0.5, 0.6) is 5.75 Å². The van der Waals surface area contributed by atoms with Gasteiger partial charge in [-0.25, -0.2) is 13.5 Å². The van der Waals surface area contributed by atoms with E-state index in [9.17, 15) is 37.5 Å². The number of aromatic nitrogens is 2. The largest absolute Gasteiger partial charge is 0.481 e. The predicted molar refractivity (Wildman–Crippen MR) is 147 cm³/mol. The molecule has 0 aliphatic carbocycles. The summed E-state index contributed by atoms with van der Waals surface area (Å²) in [5.41, 5.74) is 1.23. The Bertz CT molecular complexity index is 1530. The maximum Gasteiger partial charge on any atom is 0.305 e. The van der Waals surface area contributed by atoms with Crippen molar-refractivity contribution < 1.29 is 37.4 Å². The number of carboxylic acids is 1. The number of Topliss-reactive ketones (excluding diaryl/α,β-unsaturated/α-hetero) is 1. The number of hydrogen-bond donors (Lipinski definition) is 2. The molecule has 12 heteroatoms. The van der Waals surface area contributed by atoms with Gasteiger partial charge in [-0.15, -0.1) is 0 Å². The van der Waals surface area contributed by atoms with Gasteiger partial charge < -0.3 is 15.2 Å². The number of rotatable bonds is 12. The zero-order chi connectivity index (χ0) is 31.2. The van der Waals surface area contributed by atoms with Gasteiger partial charge in [0.1, 0.15) is 12.6 Å². The van der Waals surface area contributed by atoms with Crippen molar-refractivity contribution in [2.75, 3.05) is 6.61 Å². The molecule has 0 spiro atoms. The van der Waals surface area contributed by atoms with Crippen LogP contribution in [0, 0.1) is 17.5 Å². The summed E-state index contributed by atoms with van der Waals surface area (Å²) < 4.78 is 47.3. The molecule has 0 aliphatic heterocycles. The van der Waals surface area contributed by atoms with Crippen molar-refractivity contribution in [3.8, 4) is 5.75 Å². The summed E-state index contributed by atoms with van der Waals surface area (Å²) in [4.78, 5) is 50.9. The third-order valence-electron chi connectivity index (χ3n) is 6.63. The Morgan fingerprint density at radius 1 is 1.05 bits per heavy atom. The predicted octanol–water partition coefficient (Wildman–Crippen LogP) is 4.11. The lowest BCUT2D eigenvalue weighted by molar-refractivity contribution is -0.140. The third-order valence-corrected chi connectivity index (χ3v) is 6.63. The van der Waals surface area contributed by atoms with Crippen molar-refractivity contribution in [1.82, 2.24) is 15.1 Å². The van der Waals surface area contributed by atoms with E-state index in [1.165, 1.54) is 16.9 Å². The fourth-order valence-corrected chi connectivity index (χ4v) is 4.52. The van der Waals surface area contributed by atoms with Gasteiger partial charge in [0.15, 0.2) is 23.2 Å². The molecular formula is C30H32F3N3O6. The average Bonchev–Trinajstić information content (AvgIpc) is 2.92. The van der Waals surface area contributed by atoms with Crippen LogP contribution in [0.4, 0.5) is 13.2 Å². The highest BCUT2D eigenvalue weighted by Crippen LogP contribution is 2.26. The van der Waals surface area contributed by atoms with Crippen molar-refractivity contribution >= 4 is 17.7 Å². The van der Waals surface area contributed by atoms with Crippen LogP contribution in [0.15, 0.2) is 53.5 Å². The van der Waals surface area contributed by atoms with Crippen molar-refractivity contribution in [3.05, 3.63) is 93.2 Å². The summed E-state index contributed by atoms with van der Waals surface area (Å²) >= 11 is 0. The van der Waals surface area contributed by atoms with Crippen molar-refractivity contribution in [1.29, 1.82) is 0 Å². The number of benzene rings is 2. The number of carbonyl (C=O) groups is 3. The first kappa shape index (κ1) is 32.0. The fraction of sp³-hybridized carbons (Fsp3) is 0.367. The van der Waals surface area contributed by atoms with Crippen LogP contribution in [0.3, 0.4) is 0 Å². The van der Waals surface area contributed by atoms with E-state index in [1.807, 2.05) is 45.0 Å². The van der Waals surface area contributed by atoms with Gasteiger partial charge in [0.2, 0.25) is 11.7 Å². The molecular weight excluding hydrogens is 555 g/mol. The fourth-order valence-electron chi connectivity index (χ4n) is 4.52. The molecule has 2 N–H and O–H groups in total. The SMILES string of the molecule is CC[C@@H](C(=O)N[C@@H](CC(=O)O)C(=O)COc1c(F)ccc(F)c1F)c1ccnn(Cc2ccccc2C(C)(C)C)c1=O. The van der Waals surface area contributed by atoms with Crippen LogP contribution in [-0.4, -0.2) is 45.2 Å². The van der Waals surface area contributed by atoms with E-state index in [0.717, 1.165) is 11.1 Å². The molecule has 2 atom stereocenters. The maximum atomic E-state index is 13.9. The number of nitrogens with one attached hydrogen (secondary N) is 1. The molecule has 0 bridgehead atoms. The number of hydrogen-bond acceptors (Lipinski definition) is 6. The van der Waals surface area contributed by atoms with E-state index in [2.05, 4.69) is 10.4 Å². The minimum atomic E-state index is -1.66. The molecule has 0 radical (unpaired) electrons. The third kappa shape index (κ3) is 7.62. The topological polar surface area (TPSA) is 128 Å². The highest BCUT2D eigenvalue weighted by molar-refractivity contribution is 5.94. The van der Waals surface area contributed by atoms with E-state index in [-0.39, 0.29) is 23.9 Å². The first-order chi connectivity index (χ1) is 19.7. The van der Waals surface area contributed by atoms with E-state index in [4.69, 9.17) is 4.74 Å². The first-order valence-electron chi connectivity index (χ1n) is 13.2. The van der Waals surface area contributed by atoms with Crippen molar-refractivity contribution in [2.45, 2.75) is 64.5 Å². The van der Waals surface area contributed by atoms with E-state index < -0.39 is 71.4 Å². The quantitative estimate of drug-likeness (QED) is 0.306. The molecule has 1 heterocycles. The summed E-state index contributed by atoms with van der Waals surface area (Å²) in [5.74, 6) is -9.87. The first-order valence-corrected chi connectivity index (χ1v) is 13.2. The Morgan fingerprint density at radius 3 is 2.36 bits per heavy atom. The van der Waals surface area contributed by atoms with Gasteiger partial charge in [0, 0.05) is 11.8 Å². The van der Waals surface area contributed by atoms with E-state index >= 15 is 0 Å². The highest BCUT2D eigenvalue weighted by atomic mass is 19.2. The molecule has 0 unspecified atom stereocenters. The Balaban J connectivity index is 1.83. The maximum absolute atomic E-state index is 13.9. The lowest BCUT2D eigenvalue weighted by Gasteiger charge is -2.23. The zero-order valence-corrected chi connectivity index (χ0v) is 23.6. The molecule has 1 aromatic heterocycles. The second-order valence-electron chi connectivity index (χ2n) is 10.7.